The van der Waals surface area contributed by atoms with Gasteiger partial charge in [0, 0.05) is 17.5 Å². The van der Waals surface area contributed by atoms with E-state index in [1.807, 2.05) is 6.07 Å². The first kappa shape index (κ1) is 19.0. The molecule has 0 N–H and O–H groups in total. The number of halogens is 1. The van der Waals surface area contributed by atoms with Crippen LogP contribution >= 0.6 is 22.9 Å². The lowest BCUT2D eigenvalue weighted by Gasteiger charge is -2.20. The van der Waals surface area contributed by atoms with Crippen LogP contribution in [0.1, 0.15) is 22.2 Å². The number of rotatable bonds is 7. The molecule has 0 atom stereocenters. The van der Waals surface area contributed by atoms with Gasteiger partial charge in [-0.05, 0) is 19.1 Å². The highest BCUT2D eigenvalue weighted by molar-refractivity contribution is 7.16. The maximum Gasteiger partial charge on any atom is 0.286 e. The molecule has 2 rings (SSSR count). The number of hydrogen-bond acceptors (Lipinski definition) is 6. The van der Waals surface area contributed by atoms with Crippen LogP contribution in [0.4, 0.5) is 5.69 Å². The fourth-order valence-corrected chi connectivity index (χ4v) is 3.42. The van der Waals surface area contributed by atoms with Gasteiger partial charge in [-0.25, -0.2) is 0 Å². The van der Waals surface area contributed by atoms with Crippen LogP contribution in [0.25, 0.3) is 0 Å². The zero-order valence-electron chi connectivity index (χ0n) is 13.9. The van der Waals surface area contributed by atoms with E-state index in [2.05, 4.69) is 0 Å². The Hall–Kier alpha value is -2.32. The summed E-state index contributed by atoms with van der Waals surface area (Å²) in [5.41, 5.74) is -0.377. The molecule has 0 aliphatic rings. The second-order valence-electron chi connectivity index (χ2n) is 5.01. The molecule has 2 aromatic rings. The maximum absolute atomic E-state index is 12.9. The van der Waals surface area contributed by atoms with E-state index in [1.54, 1.807) is 13.0 Å². The molecular weight excluding hydrogens is 368 g/mol. The van der Waals surface area contributed by atoms with Gasteiger partial charge in [0.15, 0.2) is 11.5 Å². The highest BCUT2D eigenvalue weighted by atomic mass is 35.5. The summed E-state index contributed by atoms with van der Waals surface area (Å²) in [6, 6.07) is 6.11. The van der Waals surface area contributed by atoms with Crippen molar-refractivity contribution < 1.29 is 19.2 Å². The molecule has 0 aliphatic heterocycles. The van der Waals surface area contributed by atoms with E-state index in [0.717, 1.165) is 4.88 Å². The van der Waals surface area contributed by atoms with E-state index >= 15 is 0 Å². The predicted octanol–water partition coefficient (Wildman–Crippen LogP) is 3.99. The first-order chi connectivity index (χ1) is 11.9. The maximum atomic E-state index is 12.9. The number of carbonyl (C=O) groups is 1. The lowest BCUT2D eigenvalue weighted by molar-refractivity contribution is -0.385. The summed E-state index contributed by atoms with van der Waals surface area (Å²) in [5, 5.41) is 11.4. The van der Waals surface area contributed by atoms with Crippen LogP contribution in [0.5, 0.6) is 11.5 Å². The molecule has 0 unspecified atom stereocenters. The van der Waals surface area contributed by atoms with Gasteiger partial charge in [-0.15, -0.1) is 11.3 Å². The van der Waals surface area contributed by atoms with Crippen molar-refractivity contribution in [3.05, 3.63) is 49.2 Å². The Morgan fingerprint density at radius 2 is 1.92 bits per heavy atom. The van der Waals surface area contributed by atoms with Gasteiger partial charge in [0.1, 0.15) is 5.56 Å². The van der Waals surface area contributed by atoms with Crippen molar-refractivity contribution in [3.63, 3.8) is 0 Å². The number of nitro groups is 1. The monoisotopic (exact) mass is 384 g/mol. The number of nitrogens with zero attached hydrogens (tertiary/aromatic N) is 2. The largest absolute Gasteiger partial charge is 0.493 e. The van der Waals surface area contributed by atoms with Crippen molar-refractivity contribution in [2.24, 2.45) is 0 Å². The summed E-state index contributed by atoms with van der Waals surface area (Å²) in [6.07, 6.45) is 0. The molecule has 0 saturated carbocycles. The number of methoxy groups -OCH3 is 2. The molecule has 9 heteroatoms. The van der Waals surface area contributed by atoms with Gasteiger partial charge in [0.05, 0.1) is 36.1 Å². The van der Waals surface area contributed by atoms with Crippen LogP contribution in [0.15, 0.2) is 24.3 Å². The van der Waals surface area contributed by atoms with E-state index in [1.165, 1.54) is 42.6 Å². The van der Waals surface area contributed by atoms with Gasteiger partial charge in [-0.3, -0.25) is 14.9 Å². The van der Waals surface area contributed by atoms with Gasteiger partial charge in [-0.2, -0.15) is 0 Å². The molecule has 25 heavy (non-hydrogen) atoms. The Morgan fingerprint density at radius 1 is 1.28 bits per heavy atom. The highest BCUT2D eigenvalue weighted by Gasteiger charge is 2.27. The first-order valence-corrected chi connectivity index (χ1v) is 8.54. The summed E-state index contributed by atoms with van der Waals surface area (Å²) in [6.45, 7) is 2.51. The zero-order valence-corrected chi connectivity index (χ0v) is 15.5. The molecule has 0 aliphatic carbocycles. The van der Waals surface area contributed by atoms with E-state index in [9.17, 15) is 14.9 Å². The van der Waals surface area contributed by atoms with Crippen LogP contribution in [0, 0.1) is 10.1 Å². The number of hydrogen-bond donors (Lipinski definition) is 0. The summed E-state index contributed by atoms with van der Waals surface area (Å²) in [4.78, 5) is 26.1. The average Bonchev–Trinajstić information content (AvgIpc) is 3.02. The third kappa shape index (κ3) is 4.21. The molecule has 0 saturated heterocycles. The number of carbonyl (C=O) groups excluding carboxylic acids is 1. The summed E-state index contributed by atoms with van der Waals surface area (Å²) in [5.74, 6) is -0.00909. The Bertz CT molecular complexity index is 793. The highest BCUT2D eigenvalue weighted by Crippen LogP contribution is 2.35. The van der Waals surface area contributed by atoms with Crippen LogP contribution in [-0.2, 0) is 6.54 Å². The molecule has 1 heterocycles. The Kier molecular flexibility index (Phi) is 6.22. The minimum absolute atomic E-state index is 0.0489. The number of ether oxygens (including phenoxy) is 2. The fraction of sp³-hybridized carbons (Fsp3) is 0.312. The summed E-state index contributed by atoms with van der Waals surface area (Å²) in [7, 11) is 2.78. The van der Waals surface area contributed by atoms with Crippen molar-refractivity contribution in [3.8, 4) is 11.5 Å². The summed E-state index contributed by atoms with van der Waals surface area (Å²) >= 11 is 7.28. The molecule has 0 fully saturated rings. The fourth-order valence-electron chi connectivity index (χ4n) is 2.31. The van der Waals surface area contributed by atoms with Crippen LogP contribution in [0.3, 0.4) is 0 Å². The van der Waals surface area contributed by atoms with Crippen LogP contribution in [0.2, 0.25) is 4.34 Å². The molecular formula is C16H17ClN2O5S. The standard InChI is InChI=1S/C16H17ClN2O5S/c1-4-18(9-10-5-6-15(17)25-10)16(20)11-7-13(23-2)14(24-3)8-12(11)19(21)22/h5-8H,4,9H2,1-3H3. The lowest BCUT2D eigenvalue weighted by Crippen LogP contribution is -2.30. The zero-order chi connectivity index (χ0) is 18.6. The molecule has 7 nitrogen and oxygen atoms in total. The molecule has 1 aromatic heterocycles. The van der Waals surface area contributed by atoms with Crippen molar-refractivity contribution in [1.29, 1.82) is 0 Å². The van der Waals surface area contributed by atoms with Crippen LogP contribution in [-0.4, -0.2) is 36.5 Å². The third-order valence-electron chi connectivity index (χ3n) is 3.57. The Labute approximate surface area is 153 Å². The van der Waals surface area contributed by atoms with Gasteiger partial charge in [0.2, 0.25) is 0 Å². The topological polar surface area (TPSA) is 81.9 Å². The number of nitro benzene ring substituents is 1. The van der Waals surface area contributed by atoms with E-state index in [4.69, 9.17) is 21.1 Å². The molecule has 1 aromatic carbocycles. The van der Waals surface area contributed by atoms with Crippen molar-refractivity contribution >= 4 is 34.5 Å². The molecule has 0 bridgehead atoms. The molecule has 134 valence electrons. The normalized spacial score (nSPS) is 10.4. The van der Waals surface area contributed by atoms with E-state index in [0.29, 0.717) is 17.4 Å². The number of benzene rings is 1. The Balaban J connectivity index is 2.42. The van der Waals surface area contributed by atoms with Crippen LogP contribution < -0.4 is 9.47 Å². The number of thiophene rings is 1. The van der Waals surface area contributed by atoms with Gasteiger partial charge in [-0.1, -0.05) is 11.6 Å². The smallest absolute Gasteiger partial charge is 0.286 e. The second-order valence-corrected chi connectivity index (χ2v) is 6.81. The van der Waals surface area contributed by atoms with Crippen molar-refractivity contribution in [1.82, 2.24) is 4.90 Å². The van der Waals surface area contributed by atoms with Crippen molar-refractivity contribution in [2.75, 3.05) is 20.8 Å². The quantitative estimate of drug-likeness (QED) is 0.532. The van der Waals surface area contributed by atoms with Gasteiger partial charge in [0.25, 0.3) is 11.6 Å². The average molecular weight is 385 g/mol. The molecule has 0 spiro atoms. The van der Waals surface area contributed by atoms with Gasteiger partial charge >= 0.3 is 0 Å². The minimum Gasteiger partial charge on any atom is -0.493 e. The Morgan fingerprint density at radius 3 is 2.40 bits per heavy atom. The first-order valence-electron chi connectivity index (χ1n) is 7.35. The van der Waals surface area contributed by atoms with Gasteiger partial charge < -0.3 is 14.4 Å². The number of amides is 1. The predicted molar refractivity (Wildman–Crippen MR) is 95.9 cm³/mol. The molecule has 0 radical (unpaired) electrons. The van der Waals surface area contributed by atoms with E-state index in [-0.39, 0.29) is 22.7 Å². The molecule has 1 amide bonds. The summed E-state index contributed by atoms with van der Waals surface area (Å²) < 4.78 is 10.9. The second kappa shape index (κ2) is 8.17. The SMILES string of the molecule is CCN(Cc1ccc(Cl)s1)C(=O)c1cc(OC)c(OC)cc1[N+](=O)[O-]. The van der Waals surface area contributed by atoms with E-state index < -0.39 is 10.8 Å². The van der Waals surface area contributed by atoms with Crippen molar-refractivity contribution in [2.45, 2.75) is 13.5 Å². The third-order valence-corrected chi connectivity index (χ3v) is 4.79. The lowest BCUT2D eigenvalue weighted by atomic mass is 10.1. The minimum atomic E-state index is -0.606.